The zero-order valence-corrected chi connectivity index (χ0v) is 18.7. The second-order valence-electron chi connectivity index (χ2n) is 8.78. The molecule has 1 aromatic heterocycles. The van der Waals surface area contributed by atoms with Gasteiger partial charge in [-0.1, -0.05) is 18.2 Å². The zero-order valence-electron chi connectivity index (χ0n) is 18.7. The lowest BCUT2D eigenvalue weighted by Crippen LogP contribution is -2.42. The SMILES string of the molecule is O=C(c1ccc(-c2cc(-c3ccc(C(F)(F)F)cc3)c3occc3c2)c(F)c1)N1CCC(F)(F)CC1. The molecule has 0 aliphatic carbocycles. The van der Waals surface area contributed by atoms with E-state index in [9.17, 15) is 26.7 Å². The average Bonchev–Trinajstić information content (AvgIpc) is 3.31. The van der Waals surface area contributed by atoms with E-state index in [2.05, 4.69) is 0 Å². The van der Waals surface area contributed by atoms with E-state index < -0.39 is 42.2 Å². The van der Waals surface area contributed by atoms with Crippen LogP contribution in [0.3, 0.4) is 0 Å². The third-order valence-corrected chi connectivity index (χ3v) is 6.38. The number of fused-ring (bicyclic) bond motifs is 1. The van der Waals surface area contributed by atoms with Crippen LogP contribution in [-0.4, -0.2) is 29.8 Å². The number of amides is 1. The molecule has 3 aromatic carbocycles. The van der Waals surface area contributed by atoms with Gasteiger partial charge in [-0.05, 0) is 53.6 Å². The van der Waals surface area contributed by atoms with Crippen molar-refractivity contribution in [1.82, 2.24) is 4.90 Å². The van der Waals surface area contributed by atoms with Crippen molar-refractivity contribution in [1.29, 1.82) is 0 Å². The van der Waals surface area contributed by atoms with Gasteiger partial charge in [0.1, 0.15) is 11.4 Å². The normalized spacial score (nSPS) is 15.9. The molecular formula is C27H19F6NO2. The van der Waals surface area contributed by atoms with Gasteiger partial charge >= 0.3 is 6.18 Å². The number of carbonyl (C=O) groups excluding carboxylic acids is 1. The first-order valence-corrected chi connectivity index (χ1v) is 11.2. The Morgan fingerprint density at radius 1 is 0.861 bits per heavy atom. The molecule has 0 radical (unpaired) electrons. The van der Waals surface area contributed by atoms with E-state index in [4.69, 9.17) is 4.42 Å². The first-order valence-electron chi connectivity index (χ1n) is 11.2. The van der Waals surface area contributed by atoms with Gasteiger partial charge in [-0.2, -0.15) is 13.2 Å². The monoisotopic (exact) mass is 503 g/mol. The highest BCUT2D eigenvalue weighted by Crippen LogP contribution is 2.37. The topological polar surface area (TPSA) is 33.5 Å². The number of hydrogen-bond acceptors (Lipinski definition) is 2. The average molecular weight is 503 g/mol. The second-order valence-corrected chi connectivity index (χ2v) is 8.78. The van der Waals surface area contributed by atoms with Crippen LogP contribution in [0.2, 0.25) is 0 Å². The van der Waals surface area contributed by atoms with E-state index >= 15 is 4.39 Å². The van der Waals surface area contributed by atoms with Crippen molar-refractivity contribution < 1.29 is 35.6 Å². The summed E-state index contributed by atoms with van der Waals surface area (Å²) < 4.78 is 86.5. The first-order chi connectivity index (χ1) is 17.0. The predicted octanol–water partition coefficient (Wildman–Crippen LogP) is 7.80. The molecule has 1 aliphatic heterocycles. The molecule has 4 aromatic rings. The molecule has 0 unspecified atom stereocenters. The maximum atomic E-state index is 15.2. The molecule has 9 heteroatoms. The first kappa shape index (κ1) is 24.0. The van der Waals surface area contributed by atoms with Crippen molar-refractivity contribution in [3.63, 3.8) is 0 Å². The van der Waals surface area contributed by atoms with Gasteiger partial charge in [0.2, 0.25) is 0 Å². The van der Waals surface area contributed by atoms with Gasteiger partial charge in [-0.3, -0.25) is 4.79 Å². The molecule has 3 nitrogen and oxygen atoms in total. The standard InChI is InChI=1S/C27H19F6NO2/c28-23-15-18(25(35)34-10-8-26(29,30)9-11-34)3-6-21(23)19-13-17-7-12-36-24(17)22(14-19)16-1-4-20(5-2-16)27(31,32)33/h1-7,12-15H,8-11H2. The smallest absolute Gasteiger partial charge is 0.416 e. The van der Waals surface area contributed by atoms with Crippen molar-refractivity contribution in [3.05, 3.63) is 83.9 Å². The van der Waals surface area contributed by atoms with Crippen LogP contribution in [0.1, 0.15) is 28.8 Å². The second kappa shape index (κ2) is 8.72. The number of benzene rings is 3. The summed E-state index contributed by atoms with van der Waals surface area (Å²) >= 11 is 0. The van der Waals surface area contributed by atoms with Gasteiger partial charge < -0.3 is 9.32 Å². The number of piperidine rings is 1. The van der Waals surface area contributed by atoms with Crippen LogP contribution in [0.4, 0.5) is 26.3 Å². The lowest BCUT2D eigenvalue weighted by molar-refractivity contribution is -0.137. The van der Waals surface area contributed by atoms with Crippen LogP contribution in [-0.2, 0) is 6.18 Å². The van der Waals surface area contributed by atoms with Crippen LogP contribution in [0.15, 0.2) is 71.3 Å². The highest BCUT2D eigenvalue weighted by molar-refractivity contribution is 5.98. The molecule has 2 heterocycles. The Morgan fingerprint density at radius 3 is 2.19 bits per heavy atom. The molecule has 186 valence electrons. The third kappa shape index (κ3) is 4.57. The van der Waals surface area contributed by atoms with Gasteiger partial charge in [0.15, 0.2) is 0 Å². The van der Waals surface area contributed by atoms with E-state index in [0.717, 1.165) is 18.2 Å². The van der Waals surface area contributed by atoms with Crippen LogP contribution in [0, 0.1) is 5.82 Å². The highest BCUT2D eigenvalue weighted by Gasteiger charge is 2.36. The summed E-state index contributed by atoms with van der Waals surface area (Å²) in [5, 5.41) is 0.621. The van der Waals surface area contributed by atoms with Gasteiger partial charge in [-0.15, -0.1) is 0 Å². The van der Waals surface area contributed by atoms with Crippen LogP contribution < -0.4 is 0 Å². The minimum absolute atomic E-state index is 0.0498. The Balaban J connectivity index is 1.48. The summed E-state index contributed by atoms with van der Waals surface area (Å²) in [6.07, 6.45) is -3.91. The minimum atomic E-state index is -4.47. The molecule has 0 atom stereocenters. The van der Waals surface area contributed by atoms with Crippen molar-refractivity contribution in [2.75, 3.05) is 13.1 Å². The molecule has 5 rings (SSSR count). The van der Waals surface area contributed by atoms with Crippen LogP contribution >= 0.6 is 0 Å². The van der Waals surface area contributed by atoms with E-state index in [1.807, 2.05) is 0 Å². The maximum Gasteiger partial charge on any atom is 0.416 e. The summed E-state index contributed by atoms with van der Waals surface area (Å²) in [6, 6.07) is 13.5. The lowest BCUT2D eigenvalue weighted by Gasteiger charge is -2.31. The zero-order chi connectivity index (χ0) is 25.7. The molecule has 1 aliphatic rings. The minimum Gasteiger partial charge on any atom is -0.464 e. The summed E-state index contributed by atoms with van der Waals surface area (Å²) in [5.41, 5.74) is 1.25. The maximum absolute atomic E-state index is 15.2. The number of rotatable bonds is 3. The number of halogens is 6. The van der Waals surface area contributed by atoms with Crippen molar-refractivity contribution in [2.24, 2.45) is 0 Å². The quantitative estimate of drug-likeness (QED) is 0.267. The molecule has 1 saturated heterocycles. The Bertz CT molecular complexity index is 1430. The van der Waals surface area contributed by atoms with E-state index in [-0.39, 0.29) is 24.2 Å². The fourth-order valence-corrected chi connectivity index (χ4v) is 4.39. The van der Waals surface area contributed by atoms with Crippen LogP contribution in [0.25, 0.3) is 33.2 Å². The molecule has 1 amide bonds. The number of hydrogen-bond donors (Lipinski definition) is 0. The fraction of sp³-hybridized carbons (Fsp3) is 0.222. The summed E-state index contributed by atoms with van der Waals surface area (Å²) in [4.78, 5) is 14.0. The third-order valence-electron chi connectivity index (χ3n) is 6.38. The number of alkyl halides is 5. The lowest BCUT2D eigenvalue weighted by atomic mass is 9.95. The van der Waals surface area contributed by atoms with Crippen molar-refractivity contribution >= 4 is 16.9 Å². The molecule has 0 spiro atoms. The number of carbonyl (C=O) groups is 1. The van der Waals surface area contributed by atoms with Crippen LogP contribution in [0.5, 0.6) is 0 Å². The van der Waals surface area contributed by atoms with E-state index in [0.29, 0.717) is 27.7 Å². The molecule has 0 bridgehead atoms. The van der Waals surface area contributed by atoms with Gasteiger partial charge in [-0.25, -0.2) is 13.2 Å². The van der Waals surface area contributed by atoms with Gasteiger partial charge in [0, 0.05) is 48.0 Å². The Morgan fingerprint density at radius 2 is 1.56 bits per heavy atom. The molecule has 0 saturated carbocycles. The Labute approximate surface area is 201 Å². The predicted molar refractivity (Wildman–Crippen MR) is 122 cm³/mol. The summed E-state index contributed by atoms with van der Waals surface area (Å²) in [7, 11) is 0. The Hall–Kier alpha value is -3.75. The summed E-state index contributed by atoms with van der Waals surface area (Å²) in [6.45, 7) is -0.217. The van der Waals surface area contributed by atoms with Gasteiger partial charge in [0.25, 0.3) is 11.8 Å². The van der Waals surface area contributed by atoms with Crippen molar-refractivity contribution in [2.45, 2.75) is 24.9 Å². The fourth-order valence-electron chi connectivity index (χ4n) is 4.39. The van der Waals surface area contributed by atoms with E-state index in [1.54, 1.807) is 18.2 Å². The molecule has 1 fully saturated rings. The molecule has 36 heavy (non-hydrogen) atoms. The Kier molecular flexibility index (Phi) is 5.81. The summed E-state index contributed by atoms with van der Waals surface area (Å²) in [5.74, 6) is -4.02. The largest absolute Gasteiger partial charge is 0.464 e. The van der Waals surface area contributed by atoms with Gasteiger partial charge in [0.05, 0.1) is 11.8 Å². The molecular weight excluding hydrogens is 484 g/mol. The van der Waals surface area contributed by atoms with Crippen molar-refractivity contribution in [3.8, 4) is 22.3 Å². The number of likely N-dealkylation sites (tertiary alicyclic amines) is 1. The number of nitrogens with zero attached hydrogens (tertiary/aromatic N) is 1. The highest BCUT2D eigenvalue weighted by atomic mass is 19.4. The van der Waals surface area contributed by atoms with E-state index in [1.165, 1.54) is 35.4 Å². The molecule has 0 N–H and O–H groups in total. The number of furan rings is 1.